The molecule has 0 radical (unpaired) electrons. The molecule has 1 aromatic carbocycles. The van der Waals surface area contributed by atoms with Crippen molar-refractivity contribution < 1.29 is 17.5 Å². The molecule has 18 heavy (non-hydrogen) atoms. The fraction of sp³-hybridized carbons (Fsp3) is 0.400. The molecule has 0 fully saturated rings. The van der Waals surface area contributed by atoms with Crippen LogP contribution in [0.4, 0.5) is 10.1 Å². The van der Waals surface area contributed by atoms with Crippen molar-refractivity contribution in [2.24, 2.45) is 0 Å². The lowest BCUT2D eigenvalue weighted by Gasteiger charge is -2.09. The number of methoxy groups -OCH3 is 1. The lowest BCUT2D eigenvalue weighted by Crippen LogP contribution is -2.26. The number of nitrogens with one attached hydrogen (secondary N) is 1. The number of hydrogen-bond donors (Lipinski definition) is 2. The maximum atomic E-state index is 13.6. The fourth-order valence-corrected chi connectivity index (χ4v) is 2.73. The highest BCUT2D eigenvalue weighted by Gasteiger charge is 2.20. The summed E-state index contributed by atoms with van der Waals surface area (Å²) in [6.45, 7) is 0.596. The van der Waals surface area contributed by atoms with E-state index >= 15 is 0 Å². The van der Waals surface area contributed by atoms with E-state index in [1.165, 1.54) is 7.11 Å². The van der Waals surface area contributed by atoms with E-state index < -0.39 is 20.7 Å². The van der Waals surface area contributed by atoms with Crippen molar-refractivity contribution >= 4 is 31.6 Å². The Labute approximate surface area is 114 Å². The Kier molecular flexibility index (Phi) is 5.51. The zero-order valence-electron chi connectivity index (χ0n) is 9.74. The van der Waals surface area contributed by atoms with E-state index in [4.69, 9.17) is 10.5 Å². The predicted molar refractivity (Wildman–Crippen MR) is 70.2 cm³/mol. The third-order valence-corrected chi connectivity index (χ3v) is 4.32. The standard InChI is InChI=1S/C10H14BrFN2O3S/c1-17-4-2-3-14-18(15,16)10-6-9(13)7(11)5-8(10)12/h5-6,14H,2-4,13H2,1H3. The Morgan fingerprint density at radius 3 is 2.78 bits per heavy atom. The molecule has 0 amide bonds. The number of sulfonamides is 1. The van der Waals surface area contributed by atoms with Crippen LogP contribution in [0.25, 0.3) is 0 Å². The molecule has 5 nitrogen and oxygen atoms in total. The van der Waals surface area contributed by atoms with E-state index in [-0.39, 0.29) is 12.2 Å². The summed E-state index contributed by atoms with van der Waals surface area (Å²) >= 11 is 3.02. The summed E-state index contributed by atoms with van der Waals surface area (Å²) in [7, 11) is -2.37. The molecule has 0 unspecified atom stereocenters. The van der Waals surface area contributed by atoms with Crippen molar-refractivity contribution in [1.82, 2.24) is 4.72 Å². The maximum absolute atomic E-state index is 13.6. The number of halogens is 2. The molecule has 0 saturated carbocycles. The lowest BCUT2D eigenvalue weighted by molar-refractivity contribution is 0.196. The van der Waals surface area contributed by atoms with Gasteiger partial charge in [-0.1, -0.05) is 0 Å². The van der Waals surface area contributed by atoms with Gasteiger partial charge in [0.1, 0.15) is 10.7 Å². The largest absolute Gasteiger partial charge is 0.398 e. The molecule has 0 bridgehead atoms. The second-order valence-corrected chi connectivity index (χ2v) is 6.14. The second-order valence-electron chi connectivity index (χ2n) is 3.55. The predicted octanol–water partition coefficient (Wildman–Crippen LogP) is 1.49. The molecule has 0 aliphatic carbocycles. The van der Waals surface area contributed by atoms with Crippen molar-refractivity contribution in [1.29, 1.82) is 0 Å². The fourth-order valence-electron chi connectivity index (χ4n) is 1.25. The molecule has 0 heterocycles. The highest BCUT2D eigenvalue weighted by atomic mass is 79.9. The first kappa shape index (κ1) is 15.4. The average molecular weight is 341 g/mol. The van der Waals surface area contributed by atoms with Gasteiger partial charge in [-0.05, 0) is 34.5 Å². The van der Waals surface area contributed by atoms with E-state index in [0.717, 1.165) is 12.1 Å². The molecule has 0 atom stereocenters. The molecule has 1 rings (SSSR count). The van der Waals surface area contributed by atoms with Gasteiger partial charge in [-0.2, -0.15) is 0 Å². The number of nitrogens with two attached hydrogens (primary N) is 1. The summed E-state index contributed by atoms with van der Waals surface area (Å²) < 4.78 is 44.6. The van der Waals surface area contributed by atoms with E-state index in [1.54, 1.807) is 0 Å². The maximum Gasteiger partial charge on any atom is 0.243 e. The molecule has 3 N–H and O–H groups in total. The first-order chi connectivity index (χ1) is 8.38. The van der Waals surface area contributed by atoms with Gasteiger partial charge in [0.05, 0.1) is 0 Å². The molecule has 1 aromatic rings. The summed E-state index contributed by atoms with van der Waals surface area (Å²) in [5, 5.41) is 0. The monoisotopic (exact) mass is 340 g/mol. The summed E-state index contributed by atoms with van der Waals surface area (Å²) in [5.41, 5.74) is 5.70. The van der Waals surface area contributed by atoms with Gasteiger partial charge < -0.3 is 10.5 Å². The van der Waals surface area contributed by atoms with Crippen LogP contribution >= 0.6 is 15.9 Å². The van der Waals surface area contributed by atoms with Crippen LogP contribution < -0.4 is 10.5 Å². The number of rotatable bonds is 6. The zero-order valence-corrected chi connectivity index (χ0v) is 12.1. The van der Waals surface area contributed by atoms with Crippen LogP contribution in [-0.2, 0) is 14.8 Å². The molecule has 8 heteroatoms. The number of benzene rings is 1. The Hall–Kier alpha value is -0.700. The van der Waals surface area contributed by atoms with Crippen LogP contribution in [0, 0.1) is 5.82 Å². The SMILES string of the molecule is COCCCNS(=O)(=O)c1cc(N)c(Br)cc1F. The molecule has 0 aliphatic heterocycles. The third-order valence-electron chi connectivity index (χ3n) is 2.16. The van der Waals surface area contributed by atoms with Gasteiger partial charge in [0, 0.05) is 30.4 Å². The van der Waals surface area contributed by atoms with Crippen molar-refractivity contribution in [3.05, 3.63) is 22.4 Å². The first-order valence-electron chi connectivity index (χ1n) is 5.11. The molecule has 0 aromatic heterocycles. The summed E-state index contributed by atoms with van der Waals surface area (Å²) in [5.74, 6) is -0.852. The van der Waals surface area contributed by atoms with E-state index in [1.807, 2.05) is 0 Å². The summed E-state index contributed by atoms with van der Waals surface area (Å²) in [4.78, 5) is -0.458. The Balaban J connectivity index is 2.88. The van der Waals surface area contributed by atoms with Gasteiger partial charge in [0.2, 0.25) is 10.0 Å². The number of anilines is 1. The Morgan fingerprint density at radius 2 is 2.17 bits per heavy atom. The highest BCUT2D eigenvalue weighted by Crippen LogP contribution is 2.25. The van der Waals surface area contributed by atoms with Gasteiger partial charge in [0.15, 0.2) is 0 Å². The van der Waals surface area contributed by atoms with Crippen molar-refractivity contribution in [2.75, 3.05) is 26.0 Å². The van der Waals surface area contributed by atoms with Crippen LogP contribution in [0.1, 0.15) is 6.42 Å². The van der Waals surface area contributed by atoms with Crippen LogP contribution in [-0.4, -0.2) is 28.7 Å². The van der Waals surface area contributed by atoms with Crippen molar-refractivity contribution in [2.45, 2.75) is 11.3 Å². The molecular weight excluding hydrogens is 327 g/mol. The topological polar surface area (TPSA) is 81.4 Å². The Morgan fingerprint density at radius 1 is 1.50 bits per heavy atom. The lowest BCUT2D eigenvalue weighted by atomic mass is 10.3. The second kappa shape index (κ2) is 6.46. The number of ether oxygens (including phenoxy) is 1. The highest BCUT2D eigenvalue weighted by molar-refractivity contribution is 9.10. The first-order valence-corrected chi connectivity index (χ1v) is 7.39. The van der Waals surface area contributed by atoms with E-state index in [2.05, 4.69) is 20.7 Å². The van der Waals surface area contributed by atoms with Crippen LogP contribution in [0.2, 0.25) is 0 Å². The smallest absolute Gasteiger partial charge is 0.243 e. The van der Waals surface area contributed by atoms with Crippen LogP contribution in [0.3, 0.4) is 0 Å². The Bertz CT molecular complexity index is 522. The quantitative estimate of drug-likeness (QED) is 0.607. The minimum atomic E-state index is -3.89. The van der Waals surface area contributed by atoms with Crippen LogP contribution in [0.15, 0.2) is 21.5 Å². The molecular formula is C10H14BrFN2O3S. The molecule has 102 valence electrons. The van der Waals surface area contributed by atoms with Crippen molar-refractivity contribution in [3.63, 3.8) is 0 Å². The summed E-state index contributed by atoms with van der Waals surface area (Å²) in [6.07, 6.45) is 0.503. The molecule has 0 aliphatic rings. The van der Waals surface area contributed by atoms with E-state index in [0.29, 0.717) is 17.5 Å². The van der Waals surface area contributed by atoms with Crippen LogP contribution in [0.5, 0.6) is 0 Å². The minimum Gasteiger partial charge on any atom is -0.398 e. The summed E-state index contributed by atoms with van der Waals surface area (Å²) in [6, 6.07) is 2.11. The normalized spacial score (nSPS) is 11.7. The van der Waals surface area contributed by atoms with Gasteiger partial charge in [-0.15, -0.1) is 0 Å². The number of nitrogen functional groups attached to an aromatic ring is 1. The number of hydrogen-bond acceptors (Lipinski definition) is 4. The van der Waals surface area contributed by atoms with Gasteiger partial charge in [-0.3, -0.25) is 0 Å². The molecule has 0 saturated heterocycles. The third kappa shape index (κ3) is 3.91. The van der Waals surface area contributed by atoms with E-state index in [9.17, 15) is 12.8 Å². The molecule has 0 spiro atoms. The van der Waals surface area contributed by atoms with Gasteiger partial charge in [0.25, 0.3) is 0 Å². The average Bonchev–Trinajstić information content (AvgIpc) is 2.29. The zero-order chi connectivity index (χ0) is 13.8. The minimum absolute atomic E-state index is 0.161. The van der Waals surface area contributed by atoms with Gasteiger partial charge in [-0.25, -0.2) is 17.5 Å². The van der Waals surface area contributed by atoms with Crippen molar-refractivity contribution in [3.8, 4) is 0 Å². The van der Waals surface area contributed by atoms with Gasteiger partial charge >= 0.3 is 0 Å².